The number of rotatable bonds is 4. The predicted molar refractivity (Wildman–Crippen MR) is 64.8 cm³/mol. The number of carbonyl (C=O) groups excluding carboxylic acids is 1. The predicted octanol–water partition coefficient (Wildman–Crippen LogP) is 1.10. The van der Waals surface area contributed by atoms with Crippen molar-refractivity contribution in [3.8, 4) is 0 Å². The van der Waals surface area contributed by atoms with E-state index < -0.39 is 0 Å². The average Bonchev–Trinajstić information content (AvgIpc) is 2.28. The number of hydrogen-bond donors (Lipinski definition) is 2. The monoisotopic (exact) mass is 222 g/mol. The summed E-state index contributed by atoms with van der Waals surface area (Å²) in [6.07, 6.45) is 0. The van der Waals surface area contributed by atoms with E-state index in [0.717, 1.165) is 11.3 Å². The molecule has 1 aromatic carbocycles. The first kappa shape index (κ1) is 12.5. The maximum absolute atomic E-state index is 11.9. The van der Waals surface area contributed by atoms with Crippen molar-refractivity contribution in [2.75, 3.05) is 32.6 Å². The fourth-order valence-corrected chi connectivity index (χ4v) is 1.55. The number of aliphatic hydroxyl groups is 1. The summed E-state index contributed by atoms with van der Waals surface area (Å²) in [5.41, 5.74) is 2.69. The molecule has 0 fully saturated rings. The lowest BCUT2D eigenvalue weighted by molar-refractivity contribution is 0.0767. The van der Waals surface area contributed by atoms with Crippen LogP contribution in [0.25, 0.3) is 0 Å². The minimum absolute atomic E-state index is 0.0180. The highest BCUT2D eigenvalue weighted by Gasteiger charge is 2.11. The Morgan fingerprint density at radius 3 is 2.69 bits per heavy atom. The quantitative estimate of drug-likeness (QED) is 0.802. The number of anilines is 1. The lowest BCUT2D eigenvalue weighted by Gasteiger charge is -2.16. The highest BCUT2D eigenvalue weighted by atomic mass is 16.3. The SMILES string of the molecule is CNc1ccc(C(=O)N(C)CCO)cc1C. The van der Waals surface area contributed by atoms with Gasteiger partial charge >= 0.3 is 0 Å². The van der Waals surface area contributed by atoms with Crippen LogP contribution in [-0.4, -0.2) is 43.2 Å². The summed E-state index contributed by atoms with van der Waals surface area (Å²) >= 11 is 0. The molecule has 0 aliphatic rings. The van der Waals surface area contributed by atoms with Crippen molar-refractivity contribution in [1.29, 1.82) is 0 Å². The number of aryl methyl sites for hydroxylation is 1. The molecule has 0 saturated carbocycles. The molecule has 0 aromatic heterocycles. The molecular formula is C12H18N2O2. The fraction of sp³-hybridized carbons (Fsp3) is 0.417. The fourth-order valence-electron chi connectivity index (χ4n) is 1.55. The van der Waals surface area contributed by atoms with Gasteiger partial charge in [0.15, 0.2) is 0 Å². The molecule has 0 saturated heterocycles. The number of likely N-dealkylation sites (N-methyl/N-ethyl adjacent to an activating group) is 1. The van der Waals surface area contributed by atoms with Gasteiger partial charge in [0, 0.05) is 31.9 Å². The van der Waals surface area contributed by atoms with Crippen LogP contribution in [0.4, 0.5) is 5.69 Å². The van der Waals surface area contributed by atoms with Crippen LogP contribution in [0.3, 0.4) is 0 Å². The van der Waals surface area contributed by atoms with E-state index in [9.17, 15) is 4.79 Å². The zero-order valence-electron chi connectivity index (χ0n) is 9.95. The van der Waals surface area contributed by atoms with Gasteiger partial charge < -0.3 is 15.3 Å². The lowest BCUT2D eigenvalue weighted by atomic mass is 10.1. The molecule has 0 spiro atoms. The van der Waals surface area contributed by atoms with Crippen molar-refractivity contribution >= 4 is 11.6 Å². The number of carbonyl (C=O) groups is 1. The van der Waals surface area contributed by atoms with Gasteiger partial charge in [-0.15, -0.1) is 0 Å². The van der Waals surface area contributed by atoms with Crippen LogP contribution in [-0.2, 0) is 0 Å². The van der Waals surface area contributed by atoms with Crippen molar-refractivity contribution in [1.82, 2.24) is 4.90 Å². The Hall–Kier alpha value is -1.55. The summed E-state index contributed by atoms with van der Waals surface area (Å²) in [5.74, 6) is -0.0696. The standard InChI is InChI=1S/C12H18N2O2/c1-9-8-10(4-5-11(9)13-2)12(16)14(3)6-7-15/h4-5,8,13,15H,6-7H2,1-3H3. The zero-order chi connectivity index (χ0) is 12.1. The molecule has 0 radical (unpaired) electrons. The van der Waals surface area contributed by atoms with Gasteiger partial charge in [0.2, 0.25) is 0 Å². The molecule has 0 atom stereocenters. The van der Waals surface area contributed by atoms with Crippen molar-refractivity contribution < 1.29 is 9.90 Å². The highest BCUT2D eigenvalue weighted by Crippen LogP contribution is 2.16. The molecule has 0 bridgehead atoms. The Bertz CT molecular complexity index is 377. The molecule has 0 aliphatic heterocycles. The Morgan fingerprint density at radius 2 is 2.19 bits per heavy atom. The van der Waals surface area contributed by atoms with Crippen molar-refractivity contribution in [2.24, 2.45) is 0 Å². The normalized spacial score (nSPS) is 10.0. The van der Waals surface area contributed by atoms with Crippen molar-refractivity contribution in [2.45, 2.75) is 6.92 Å². The van der Waals surface area contributed by atoms with Gasteiger partial charge in [0.05, 0.1) is 6.61 Å². The number of benzene rings is 1. The molecule has 4 nitrogen and oxygen atoms in total. The van der Waals surface area contributed by atoms with E-state index in [2.05, 4.69) is 5.32 Å². The van der Waals surface area contributed by atoms with E-state index in [1.807, 2.05) is 26.1 Å². The van der Waals surface area contributed by atoms with Gasteiger partial charge in [-0.2, -0.15) is 0 Å². The van der Waals surface area contributed by atoms with Crippen LogP contribution >= 0.6 is 0 Å². The van der Waals surface area contributed by atoms with Crippen LogP contribution in [0.2, 0.25) is 0 Å². The van der Waals surface area contributed by atoms with Gasteiger partial charge in [-0.1, -0.05) is 0 Å². The third-order valence-corrected chi connectivity index (χ3v) is 2.52. The van der Waals surface area contributed by atoms with Gasteiger partial charge in [0.25, 0.3) is 5.91 Å². The number of nitrogens with zero attached hydrogens (tertiary/aromatic N) is 1. The first-order valence-corrected chi connectivity index (χ1v) is 5.25. The van der Waals surface area contributed by atoms with Crippen LogP contribution in [0.5, 0.6) is 0 Å². The molecule has 16 heavy (non-hydrogen) atoms. The summed E-state index contributed by atoms with van der Waals surface area (Å²) in [5, 5.41) is 11.8. The maximum atomic E-state index is 11.9. The van der Waals surface area contributed by atoms with Gasteiger partial charge in [-0.3, -0.25) is 4.79 Å². The Kier molecular flexibility index (Phi) is 4.31. The molecular weight excluding hydrogens is 204 g/mol. The van der Waals surface area contributed by atoms with E-state index in [1.54, 1.807) is 13.1 Å². The minimum atomic E-state index is -0.0696. The van der Waals surface area contributed by atoms with Crippen LogP contribution < -0.4 is 5.32 Å². The molecule has 4 heteroatoms. The summed E-state index contributed by atoms with van der Waals surface area (Å²) in [6.45, 7) is 2.29. The number of hydrogen-bond acceptors (Lipinski definition) is 3. The highest BCUT2D eigenvalue weighted by molar-refractivity contribution is 5.94. The van der Waals surface area contributed by atoms with Gasteiger partial charge in [0.1, 0.15) is 0 Å². The largest absolute Gasteiger partial charge is 0.395 e. The second-order valence-corrected chi connectivity index (χ2v) is 3.73. The van der Waals surface area contributed by atoms with E-state index in [0.29, 0.717) is 12.1 Å². The number of nitrogens with one attached hydrogen (secondary N) is 1. The molecule has 0 aliphatic carbocycles. The summed E-state index contributed by atoms with van der Waals surface area (Å²) < 4.78 is 0. The summed E-state index contributed by atoms with van der Waals surface area (Å²) in [7, 11) is 3.53. The maximum Gasteiger partial charge on any atom is 0.253 e. The smallest absolute Gasteiger partial charge is 0.253 e. The first-order chi connectivity index (χ1) is 7.60. The first-order valence-electron chi connectivity index (χ1n) is 5.25. The third kappa shape index (κ3) is 2.73. The lowest BCUT2D eigenvalue weighted by Crippen LogP contribution is -2.29. The molecule has 0 heterocycles. The van der Waals surface area contributed by atoms with E-state index in [1.165, 1.54) is 4.90 Å². The Morgan fingerprint density at radius 1 is 1.50 bits per heavy atom. The van der Waals surface area contributed by atoms with Crippen LogP contribution in [0, 0.1) is 6.92 Å². The molecule has 88 valence electrons. The minimum Gasteiger partial charge on any atom is -0.395 e. The van der Waals surface area contributed by atoms with Crippen LogP contribution in [0.1, 0.15) is 15.9 Å². The molecule has 1 aromatic rings. The number of amides is 1. The van der Waals surface area contributed by atoms with Crippen LogP contribution in [0.15, 0.2) is 18.2 Å². The molecule has 1 rings (SSSR count). The van der Waals surface area contributed by atoms with E-state index in [4.69, 9.17) is 5.11 Å². The zero-order valence-corrected chi connectivity index (χ0v) is 9.95. The van der Waals surface area contributed by atoms with Gasteiger partial charge in [-0.05, 0) is 30.7 Å². The second-order valence-electron chi connectivity index (χ2n) is 3.73. The number of aliphatic hydroxyl groups excluding tert-OH is 1. The average molecular weight is 222 g/mol. The van der Waals surface area contributed by atoms with Crippen molar-refractivity contribution in [3.63, 3.8) is 0 Å². The summed E-state index contributed by atoms with van der Waals surface area (Å²) in [4.78, 5) is 13.4. The Balaban J connectivity index is 2.88. The molecule has 0 unspecified atom stereocenters. The third-order valence-electron chi connectivity index (χ3n) is 2.52. The molecule has 1 amide bonds. The van der Waals surface area contributed by atoms with Crippen molar-refractivity contribution in [3.05, 3.63) is 29.3 Å². The van der Waals surface area contributed by atoms with E-state index in [-0.39, 0.29) is 12.5 Å². The summed E-state index contributed by atoms with van der Waals surface area (Å²) in [6, 6.07) is 5.52. The molecule has 2 N–H and O–H groups in total. The Labute approximate surface area is 95.9 Å². The van der Waals surface area contributed by atoms with E-state index >= 15 is 0 Å². The topological polar surface area (TPSA) is 52.6 Å². The second kappa shape index (κ2) is 5.51. The van der Waals surface area contributed by atoms with Gasteiger partial charge in [-0.25, -0.2) is 0 Å².